The summed E-state index contributed by atoms with van der Waals surface area (Å²) in [5, 5.41) is 6.36. The number of ketones is 2. The van der Waals surface area contributed by atoms with Crippen LogP contribution in [0.3, 0.4) is 0 Å². The van der Waals surface area contributed by atoms with E-state index in [-0.39, 0.29) is 34.8 Å². The largest absolute Gasteiger partial charge is 0.382 e. The zero-order chi connectivity index (χ0) is 23.2. The molecule has 164 valence electrons. The quantitative estimate of drug-likeness (QED) is 0.419. The third-order valence-electron chi connectivity index (χ3n) is 6.40. The highest BCUT2D eigenvalue weighted by Crippen LogP contribution is 2.38. The van der Waals surface area contributed by atoms with Gasteiger partial charge in [-0.25, -0.2) is 0 Å². The molecule has 0 bridgehead atoms. The molecule has 0 spiro atoms. The van der Waals surface area contributed by atoms with Gasteiger partial charge in [-0.1, -0.05) is 45.0 Å². The summed E-state index contributed by atoms with van der Waals surface area (Å²) in [5.41, 5.74) is 1.75. The third kappa shape index (κ3) is 3.27. The van der Waals surface area contributed by atoms with Crippen LogP contribution in [-0.4, -0.2) is 17.6 Å². The van der Waals surface area contributed by atoms with Crippen molar-refractivity contribution < 1.29 is 9.59 Å². The number of carbonyl (C=O) groups is 2. The monoisotopic (exact) mass is 430 g/mol. The van der Waals surface area contributed by atoms with Gasteiger partial charge in [0.1, 0.15) is 0 Å². The van der Waals surface area contributed by atoms with Gasteiger partial charge >= 0.3 is 0 Å². The number of anilines is 3. The maximum Gasteiger partial charge on any atom is 0.249 e. The molecule has 4 rings (SSSR count). The van der Waals surface area contributed by atoms with Crippen LogP contribution in [0.15, 0.2) is 46.0 Å². The van der Waals surface area contributed by atoms with Gasteiger partial charge in [0.2, 0.25) is 10.9 Å². The smallest absolute Gasteiger partial charge is 0.249 e. The first kappa shape index (κ1) is 21.7. The van der Waals surface area contributed by atoms with Gasteiger partial charge in [-0.05, 0) is 37.8 Å². The summed E-state index contributed by atoms with van der Waals surface area (Å²) < 4.78 is 0. The Hall–Kier alpha value is -3.54. The summed E-state index contributed by atoms with van der Waals surface area (Å²) in [5.74, 6) is -0.603. The second-order valence-electron chi connectivity index (χ2n) is 8.45. The highest BCUT2D eigenvalue weighted by molar-refractivity contribution is 6.32. The molecule has 3 aromatic carbocycles. The highest BCUT2D eigenvalue weighted by atomic mass is 16.2. The summed E-state index contributed by atoms with van der Waals surface area (Å²) >= 11 is 0. The third-order valence-corrected chi connectivity index (χ3v) is 6.40. The van der Waals surface area contributed by atoms with Gasteiger partial charge < -0.3 is 10.6 Å². The Labute approximate surface area is 186 Å². The van der Waals surface area contributed by atoms with Crippen molar-refractivity contribution in [1.29, 1.82) is 0 Å². The lowest BCUT2D eigenvalue weighted by Crippen LogP contribution is -2.39. The molecule has 32 heavy (non-hydrogen) atoms. The van der Waals surface area contributed by atoms with Crippen molar-refractivity contribution in [1.82, 2.24) is 0 Å². The Balaban J connectivity index is 1.89. The minimum absolute atomic E-state index is 0.0806. The molecular weight excluding hydrogens is 404 g/mol. The summed E-state index contributed by atoms with van der Waals surface area (Å²) in [7, 11) is 0. The highest BCUT2D eigenvalue weighted by Gasteiger charge is 2.35. The van der Waals surface area contributed by atoms with Crippen LogP contribution in [0.5, 0.6) is 0 Å². The maximum absolute atomic E-state index is 13.5. The summed E-state index contributed by atoms with van der Waals surface area (Å²) in [6, 6.07) is 10.3. The topological polar surface area (TPSA) is 92.3 Å². The van der Waals surface area contributed by atoms with Crippen LogP contribution in [-0.2, 0) is 0 Å². The average Bonchev–Trinajstić information content (AvgIpc) is 2.81. The lowest BCUT2D eigenvalue weighted by Gasteiger charge is -2.26. The van der Waals surface area contributed by atoms with E-state index in [1.165, 1.54) is 0 Å². The fraction of sp³-hybridized carbons (Fsp3) is 0.308. The first-order chi connectivity index (χ1) is 15.3. The maximum atomic E-state index is 13.5. The van der Waals surface area contributed by atoms with E-state index >= 15 is 0 Å². The van der Waals surface area contributed by atoms with Gasteiger partial charge in [-0.3, -0.25) is 19.2 Å². The molecule has 0 aromatic heterocycles. The molecule has 0 saturated carbocycles. The Morgan fingerprint density at radius 3 is 1.88 bits per heavy atom. The summed E-state index contributed by atoms with van der Waals surface area (Å²) in [6.45, 7) is 7.87. The molecule has 1 aliphatic carbocycles. The molecule has 1 aliphatic rings. The van der Waals surface area contributed by atoms with Crippen molar-refractivity contribution in [3.8, 4) is 0 Å². The second kappa shape index (κ2) is 8.19. The summed E-state index contributed by atoms with van der Waals surface area (Å²) in [6.07, 6.45) is 1.55. The van der Waals surface area contributed by atoms with E-state index in [0.717, 1.165) is 6.42 Å². The van der Waals surface area contributed by atoms with Gasteiger partial charge in [-0.2, -0.15) is 0 Å². The molecule has 6 heteroatoms. The first-order valence-corrected chi connectivity index (χ1v) is 11.0. The lowest BCUT2D eigenvalue weighted by molar-refractivity contribution is 0.0980. The summed E-state index contributed by atoms with van der Waals surface area (Å²) in [4.78, 5) is 51.4. The molecule has 0 aliphatic heterocycles. The van der Waals surface area contributed by atoms with E-state index in [9.17, 15) is 19.2 Å². The number of fused-ring (bicyclic) bond motifs is 2. The van der Waals surface area contributed by atoms with Crippen molar-refractivity contribution in [3.05, 3.63) is 84.7 Å². The van der Waals surface area contributed by atoms with Crippen LogP contribution in [0.2, 0.25) is 0 Å². The van der Waals surface area contributed by atoms with E-state index < -0.39 is 10.9 Å². The Kier molecular flexibility index (Phi) is 5.55. The Bertz CT molecular complexity index is 1310. The van der Waals surface area contributed by atoms with Crippen molar-refractivity contribution >= 4 is 28.6 Å². The van der Waals surface area contributed by atoms with Crippen LogP contribution in [0.4, 0.5) is 17.1 Å². The van der Waals surface area contributed by atoms with E-state index in [0.29, 0.717) is 40.0 Å². The molecule has 2 atom stereocenters. The molecule has 0 heterocycles. The number of hydrogen-bond acceptors (Lipinski definition) is 6. The van der Waals surface area contributed by atoms with E-state index in [4.69, 9.17) is 0 Å². The standard InChI is InChI=1S/C26H26N2O4/c1-5-13(3)19-22(26(32)25(19)31)28-18-12-11-17(27-14(4)6-2)20-21(18)24(30)16-10-8-7-9-15(16)23(20)29/h7-14,27-28H,5-6H2,1-4H3. The van der Waals surface area contributed by atoms with Crippen LogP contribution in [0.1, 0.15) is 83.9 Å². The molecule has 2 unspecified atom stereocenters. The van der Waals surface area contributed by atoms with Gasteiger partial charge in [-0.15, -0.1) is 0 Å². The number of nitrogens with one attached hydrogen (secondary N) is 2. The number of hydrogen-bond donors (Lipinski definition) is 2. The average molecular weight is 431 g/mol. The fourth-order valence-corrected chi connectivity index (χ4v) is 4.16. The van der Waals surface area contributed by atoms with Crippen molar-refractivity contribution in [2.24, 2.45) is 0 Å². The molecule has 2 N–H and O–H groups in total. The minimum Gasteiger partial charge on any atom is -0.382 e. The van der Waals surface area contributed by atoms with Crippen molar-refractivity contribution in [2.45, 2.75) is 52.5 Å². The second-order valence-corrected chi connectivity index (χ2v) is 8.45. The van der Waals surface area contributed by atoms with Crippen LogP contribution in [0.25, 0.3) is 0 Å². The van der Waals surface area contributed by atoms with Gasteiger partial charge in [0.05, 0.1) is 22.5 Å². The molecule has 0 fully saturated rings. The number of carbonyl (C=O) groups excluding carboxylic acids is 2. The number of rotatable bonds is 7. The molecule has 0 radical (unpaired) electrons. The minimum atomic E-state index is -0.592. The molecule has 0 saturated heterocycles. The Morgan fingerprint density at radius 1 is 0.750 bits per heavy atom. The zero-order valence-electron chi connectivity index (χ0n) is 18.7. The van der Waals surface area contributed by atoms with Gasteiger partial charge in [0, 0.05) is 28.4 Å². The van der Waals surface area contributed by atoms with E-state index in [1.54, 1.807) is 36.4 Å². The predicted molar refractivity (Wildman–Crippen MR) is 126 cm³/mol. The van der Waals surface area contributed by atoms with E-state index in [1.807, 2.05) is 27.7 Å². The van der Waals surface area contributed by atoms with Gasteiger partial charge in [0.25, 0.3) is 0 Å². The SMILES string of the molecule is CCC(C)Nc1ccc(Nc2c(C(C)CC)c(=O)c2=O)c2c1C(=O)c1ccccc1C2=O. The predicted octanol–water partition coefficient (Wildman–Crippen LogP) is 4.53. The number of benzene rings is 2. The van der Waals surface area contributed by atoms with Crippen LogP contribution < -0.4 is 21.5 Å². The zero-order valence-corrected chi connectivity index (χ0v) is 18.7. The first-order valence-electron chi connectivity index (χ1n) is 11.0. The van der Waals surface area contributed by atoms with Gasteiger partial charge in [0.15, 0.2) is 11.6 Å². The normalized spacial score (nSPS) is 14.6. The van der Waals surface area contributed by atoms with Crippen molar-refractivity contribution in [3.63, 3.8) is 0 Å². The fourth-order valence-electron chi connectivity index (χ4n) is 4.16. The van der Waals surface area contributed by atoms with Crippen LogP contribution in [0, 0.1) is 0 Å². The lowest BCUT2D eigenvalue weighted by atomic mass is 9.82. The van der Waals surface area contributed by atoms with Crippen LogP contribution >= 0.6 is 0 Å². The molecular formula is C26H26N2O4. The van der Waals surface area contributed by atoms with E-state index in [2.05, 4.69) is 10.6 Å². The molecule has 6 nitrogen and oxygen atoms in total. The van der Waals surface area contributed by atoms with Crippen molar-refractivity contribution in [2.75, 3.05) is 10.6 Å². The molecule has 0 amide bonds. The Morgan fingerprint density at radius 2 is 1.31 bits per heavy atom. The molecule has 3 aromatic rings.